The van der Waals surface area contributed by atoms with Crippen molar-refractivity contribution in [1.82, 2.24) is 0 Å². The Morgan fingerprint density at radius 2 is 1.67 bits per heavy atom. The van der Waals surface area contributed by atoms with Crippen molar-refractivity contribution in [2.24, 2.45) is 0 Å². The van der Waals surface area contributed by atoms with Crippen LogP contribution in [0.15, 0.2) is 60.8 Å². The van der Waals surface area contributed by atoms with Crippen molar-refractivity contribution in [3.63, 3.8) is 0 Å². The monoisotopic (exact) mass is 241 g/mol. The molecular formula is C14H11NO3. The molecular weight excluding hydrogens is 230 g/mol. The molecule has 90 valence electrons. The summed E-state index contributed by atoms with van der Waals surface area (Å²) >= 11 is 0. The minimum atomic E-state index is -0.501. The third-order valence-corrected chi connectivity index (χ3v) is 2.27. The summed E-state index contributed by atoms with van der Waals surface area (Å²) in [6, 6.07) is 16.4. The maximum absolute atomic E-state index is 10.3. The first-order valence-corrected chi connectivity index (χ1v) is 5.39. The minimum absolute atomic E-state index is 0.501. The third-order valence-electron chi connectivity index (χ3n) is 2.27. The van der Waals surface area contributed by atoms with Crippen LogP contribution in [0.2, 0.25) is 0 Å². The number of para-hydroxylation sites is 2. The topological polar surface area (TPSA) is 52.4 Å². The Bertz CT molecular complexity index is 564. The first-order valence-electron chi connectivity index (χ1n) is 5.39. The fraction of sp³-hybridized carbons (Fsp3) is 0. The van der Waals surface area contributed by atoms with Gasteiger partial charge in [0.2, 0.25) is 6.20 Å². The van der Waals surface area contributed by atoms with Crippen molar-refractivity contribution in [3.8, 4) is 11.5 Å². The van der Waals surface area contributed by atoms with Gasteiger partial charge in [-0.05, 0) is 18.2 Å². The number of hydrogen-bond acceptors (Lipinski definition) is 3. The van der Waals surface area contributed by atoms with E-state index < -0.39 is 4.92 Å². The van der Waals surface area contributed by atoms with Gasteiger partial charge in [0.05, 0.1) is 4.92 Å². The first kappa shape index (κ1) is 11.9. The van der Waals surface area contributed by atoms with Crippen LogP contribution in [-0.4, -0.2) is 4.92 Å². The van der Waals surface area contributed by atoms with Crippen LogP contribution >= 0.6 is 0 Å². The van der Waals surface area contributed by atoms with Crippen molar-refractivity contribution in [1.29, 1.82) is 0 Å². The number of benzene rings is 2. The number of rotatable bonds is 4. The molecule has 0 radical (unpaired) electrons. The fourth-order valence-corrected chi connectivity index (χ4v) is 1.47. The van der Waals surface area contributed by atoms with Gasteiger partial charge in [-0.1, -0.05) is 36.4 Å². The predicted molar refractivity (Wildman–Crippen MR) is 69.0 cm³/mol. The van der Waals surface area contributed by atoms with E-state index in [9.17, 15) is 10.1 Å². The molecule has 0 N–H and O–H groups in total. The lowest BCUT2D eigenvalue weighted by Crippen LogP contribution is -1.88. The number of nitrogens with zero attached hydrogens (tertiary/aromatic N) is 1. The van der Waals surface area contributed by atoms with Crippen LogP contribution in [0.1, 0.15) is 5.56 Å². The molecule has 0 amide bonds. The average Bonchev–Trinajstić information content (AvgIpc) is 2.39. The third kappa shape index (κ3) is 3.18. The van der Waals surface area contributed by atoms with Crippen LogP contribution < -0.4 is 4.74 Å². The lowest BCUT2D eigenvalue weighted by Gasteiger charge is -2.07. The quantitative estimate of drug-likeness (QED) is 0.605. The van der Waals surface area contributed by atoms with Crippen LogP contribution in [0.5, 0.6) is 11.5 Å². The van der Waals surface area contributed by atoms with Gasteiger partial charge >= 0.3 is 0 Å². The highest BCUT2D eigenvalue weighted by Crippen LogP contribution is 2.25. The lowest BCUT2D eigenvalue weighted by molar-refractivity contribution is -0.400. The summed E-state index contributed by atoms with van der Waals surface area (Å²) in [6.45, 7) is 0. The van der Waals surface area contributed by atoms with E-state index in [1.165, 1.54) is 6.08 Å². The number of ether oxygens (including phenoxy) is 1. The van der Waals surface area contributed by atoms with Crippen LogP contribution in [-0.2, 0) is 0 Å². The summed E-state index contributed by atoms with van der Waals surface area (Å²) in [4.78, 5) is 9.82. The Kier molecular flexibility index (Phi) is 3.71. The standard InChI is InChI=1S/C14H11NO3/c16-15(17)11-10-12-6-4-5-9-14(12)18-13-7-2-1-3-8-13/h1-11H/b11-10+. The van der Waals surface area contributed by atoms with E-state index in [1.807, 2.05) is 36.4 Å². The summed E-state index contributed by atoms with van der Waals surface area (Å²) < 4.78 is 5.67. The summed E-state index contributed by atoms with van der Waals surface area (Å²) in [7, 11) is 0. The van der Waals surface area contributed by atoms with E-state index in [0.717, 1.165) is 6.20 Å². The van der Waals surface area contributed by atoms with Crippen LogP contribution in [0, 0.1) is 10.1 Å². The highest BCUT2D eigenvalue weighted by atomic mass is 16.6. The molecule has 0 aliphatic heterocycles. The normalized spacial score (nSPS) is 10.4. The van der Waals surface area contributed by atoms with Crippen molar-refractivity contribution >= 4 is 6.08 Å². The molecule has 2 rings (SSSR count). The van der Waals surface area contributed by atoms with Gasteiger partial charge in [0.25, 0.3) is 0 Å². The zero-order valence-electron chi connectivity index (χ0n) is 9.52. The van der Waals surface area contributed by atoms with E-state index in [-0.39, 0.29) is 0 Å². The van der Waals surface area contributed by atoms with E-state index >= 15 is 0 Å². The molecule has 0 unspecified atom stereocenters. The van der Waals surface area contributed by atoms with Crippen molar-refractivity contribution in [3.05, 3.63) is 76.5 Å². The van der Waals surface area contributed by atoms with Crippen LogP contribution in [0.3, 0.4) is 0 Å². The Hall–Kier alpha value is -2.62. The lowest BCUT2D eigenvalue weighted by atomic mass is 10.2. The largest absolute Gasteiger partial charge is 0.457 e. The SMILES string of the molecule is O=[N+]([O-])/C=C/c1ccccc1Oc1ccccc1. The second kappa shape index (κ2) is 5.63. The first-order chi connectivity index (χ1) is 8.75. The molecule has 0 atom stereocenters. The Morgan fingerprint density at radius 1 is 1.00 bits per heavy atom. The van der Waals surface area contributed by atoms with E-state index in [1.54, 1.807) is 18.2 Å². The molecule has 0 saturated carbocycles. The van der Waals surface area contributed by atoms with Gasteiger partial charge in [-0.2, -0.15) is 0 Å². The molecule has 0 aromatic heterocycles. The zero-order valence-corrected chi connectivity index (χ0v) is 9.52. The van der Waals surface area contributed by atoms with Crippen molar-refractivity contribution < 1.29 is 9.66 Å². The van der Waals surface area contributed by atoms with Crippen LogP contribution in [0.4, 0.5) is 0 Å². The number of nitro groups is 1. The summed E-state index contributed by atoms with van der Waals surface area (Å²) in [6.07, 6.45) is 2.31. The van der Waals surface area contributed by atoms with Crippen molar-refractivity contribution in [2.75, 3.05) is 0 Å². The Balaban J connectivity index is 2.25. The molecule has 0 aliphatic carbocycles. The fourth-order valence-electron chi connectivity index (χ4n) is 1.47. The zero-order chi connectivity index (χ0) is 12.8. The Labute approximate surface area is 104 Å². The maximum Gasteiger partial charge on any atom is 0.235 e. The molecule has 18 heavy (non-hydrogen) atoms. The van der Waals surface area contributed by atoms with E-state index in [4.69, 9.17) is 4.74 Å². The van der Waals surface area contributed by atoms with Crippen molar-refractivity contribution in [2.45, 2.75) is 0 Å². The van der Waals surface area contributed by atoms with Gasteiger partial charge in [0.1, 0.15) is 11.5 Å². The molecule has 4 heteroatoms. The van der Waals surface area contributed by atoms with Gasteiger partial charge in [0, 0.05) is 11.6 Å². The molecule has 0 bridgehead atoms. The summed E-state index contributed by atoms with van der Waals surface area (Å²) in [5.41, 5.74) is 0.665. The number of hydrogen-bond donors (Lipinski definition) is 0. The van der Waals surface area contributed by atoms with Gasteiger partial charge in [-0.15, -0.1) is 0 Å². The summed E-state index contributed by atoms with van der Waals surface area (Å²) in [5, 5.41) is 10.3. The van der Waals surface area contributed by atoms with Gasteiger partial charge in [0.15, 0.2) is 0 Å². The minimum Gasteiger partial charge on any atom is -0.457 e. The van der Waals surface area contributed by atoms with E-state index in [2.05, 4.69) is 0 Å². The smallest absolute Gasteiger partial charge is 0.235 e. The molecule has 2 aromatic rings. The Morgan fingerprint density at radius 3 is 2.39 bits per heavy atom. The van der Waals surface area contributed by atoms with E-state index in [0.29, 0.717) is 17.1 Å². The average molecular weight is 241 g/mol. The predicted octanol–water partition coefficient (Wildman–Crippen LogP) is 3.73. The molecule has 2 aromatic carbocycles. The van der Waals surface area contributed by atoms with Gasteiger partial charge < -0.3 is 4.74 Å². The highest BCUT2D eigenvalue weighted by molar-refractivity contribution is 5.57. The highest BCUT2D eigenvalue weighted by Gasteiger charge is 2.02. The molecule has 0 heterocycles. The molecule has 0 saturated heterocycles. The molecule has 0 spiro atoms. The molecule has 0 fully saturated rings. The summed E-state index contributed by atoms with van der Waals surface area (Å²) in [5.74, 6) is 1.28. The van der Waals surface area contributed by atoms with Gasteiger partial charge in [-0.3, -0.25) is 10.1 Å². The van der Waals surface area contributed by atoms with Crippen LogP contribution in [0.25, 0.3) is 6.08 Å². The second-order valence-electron chi connectivity index (χ2n) is 3.55. The molecule has 0 aliphatic rings. The molecule has 4 nitrogen and oxygen atoms in total. The van der Waals surface area contributed by atoms with Gasteiger partial charge in [-0.25, -0.2) is 0 Å². The second-order valence-corrected chi connectivity index (χ2v) is 3.55. The maximum atomic E-state index is 10.3.